The van der Waals surface area contributed by atoms with Crippen LogP contribution in [0.15, 0.2) is 64.0 Å². The first-order valence-electron chi connectivity index (χ1n) is 9.77. The average molecular weight is 447 g/mol. The molecule has 0 bridgehead atoms. The molecular formula is C22H20F3N3O2S. The summed E-state index contributed by atoms with van der Waals surface area (Å²) in [4.78, 5) is 5.17. The van der Waals surface area contributed by atoms with E-state index >= 15 is 0 Å². The summed E-state index contributed by atoms with van der Waals surface area (Å²) in [6, 6.07) is 12.7. The van der Waals surface area contributed by atoms with Gasteiger partial charge in [-0.2, -0.15) is 13.9 Å². The molecule has 1 saturated heterocycles. The number of aromatic nitrogens is 1. The van der Waals surface area contributed by atoms with E-state index in [1.54, 1.807) is 41.8 Å². The molecule has 4 rings (SSSR count). The third kappa shape index (κ3) is 5.23. The fraction of sp³-hybridized carbons (Fsp3) is 0.273. The summed E-state index contributed by atoms with van der Waals surface area (Å²) in [7, 11) is 0. The third-order valence-electron chi connectivity index (χ3n) is 4.74. The quantitative estimate of drug-likeness (QED) is 0.483. The predicted molar refractivity (Wildman–Crippen MR) is 113 cm³/mol. The van der Waals surface area contributed by atoms with E-state index in [4.69, 9.17) is 4.74 Å². The van der Waals surface area contributed by atoms with Crippen molar-refractivity contribution in [2.75, 3.05) is 13.2 Å². The Labute approximate surface area is 181 Å². The lowest BCUT2D eigenvalue weighted by atomic mass is 10.1. The fourth-order valence-electron chi connectivity index (χ4n) is 3.25. The van der Waals surface area contributed by atoms with Gasteiger partial charge in [0.2, 0.25) is 4.80 Å². The predicted octanol–water partition coefficient (Wildman–Crippen LogP) is 4.92. The molecule has 31 heavy (non-hydrogen) atoms. The van der Waals surface area contributed by atoms with Crippen LogP contribution in [0.5, 0.6) is 5.75 Å². The number of halogens is 3. The van der Waals surface area contributed by atoms with Crippen LogP contribution in [0.4, 0.5) is 13.2 Å². The van der Waals surface area contributed by atoms with Gasteiger partial charge in [0, 0.05) is 23.1 Å². The van der Waals surface area contributed by atoms with E-state index in [2.05, 4.69) is 14.8 Å². The molecule has 1 fully saturated rings. The van der Waals surface area contributed by atoms with Crippen molar-refractivity contribution >= 4 is 17.6 Å². The Morgan fingerprint density at radius 2 is 2.00 bits per heavy atom. The first kappa shape index (κ1) is 21.3. The number of rotatable bonds is 7. The van der Waals surface area contributed by atoms with Crippen LogP contribution in [0.3, 0.4) is 0 Å². The number of para-hydroxylation sites is 1. The Bertz CT molecular complexity index is 1120. The summed E-state index contributed by atoms with van der Waals surface area (Å²) in [5, 5.41) is 6.21. The molecule has 2 heterocycles. The standard InChI is InChI=1S/C22H20F3N3O2S/c23-18-9-3-2-8-17(18)19-14-31-22(26-13-16-7-5-11-29-16)28(19)27-12-15-6-1-4-10-20(15)30-21(24)25/h1-4,6,8-10,12,14,16,21H,5,7,11,13H2. The summed E-state index contributed by atoms with van der Waals surface area (Å²) >= 11 is 1.32. The highest BCUT2D eigenvalue weighted by Crippen LogP contribution is 2.24. The van der Waals surface area contributed by atoms with Gasteiger partial charge in [0.1, 0.15) is 11.6 Å². The molecule has 0 N–H and O–H groups in total. The molecule has 1 aliphatic rings. The molecule has 2 aromatic carbocycles. The number of thiazole rings is 1. The Morgan fingerprint density at radius 3 is 2.77 bits per heavy atom. The normalized spacial score (nSPS) is 17.2. The summed E-state index contributed by atoms with van der Waals surface area (Å²) in [5.74, 6) is -0.390. The van der Waals surface area contributed by atoms with E-state index in [1.807, 2.05) is 0 Å². The minimum atomic E-state index is -2.95. The molecule has 0 saturated carbocycles. The van der Waals surface area contributed by atoms with Gasteiger partial charge >= 0.3 is 6.61 Å². The molecule has 3 aromatic rings. The molecular weight excluding hydrogens is 427 g/mol. The van der Waals surface area contributed by atoms with Crippen molar-refractivity contribution in [3.8, 4) is 17.0 Å². The Morgan fingerprint density at radius 1 is 1.19 bits per heavy atom. The molecule has 9 heteroatoms. The Hall–Kier alpha value is -2.91. The number of ether oxygens (including phenoxy) is 2. The van der Waals surface area contributed by atoms with E-state index in [1.165, 1.54) is 34.4 Å². The summed E-state index contributed by atoms with van der Waals surface area (Å²) in [6.07, 6.45) is 3.40. The van der Waals surface area contributed by atoms with E-state index < -0.39 is 12.4 Å². The van der Waals surface area contributed by atoms with Gasteiger partial charge < -0.3 is 9.47 Å². The van der Waals surface area contributed by atoms with E-state index in [0.717, 1.165) is 19.4 Å². The van der Waals surface area contributed by atoms with Crippen LogP contribution in [0, 0.1) is 5.82 Å². The van der Waals surface area contributed by atoms with Gasteiger partial charge in [-0.05, 0) is 37.1 Å². The van der Waals surface area contributed by atoms with Gasteiger partial charge in [0.25, 0.3) is 0 Å². The van der Waals surface area contributed by atoms with Gasteiger partial charge in [-0.3, -0.25) is 4.99 Å². The fourth-order valence-corrected chi connectivity index (χ4v) is 4.09. The van der Waals surface area contributed by atoms with Crippen molar-refractivity contribution in [3.63, 3.8) is 0 Å². The number of hydrogen-bond acceptors (Lipinski definition) is 5. The number of hydrogen-bond donors (Lipinski definition) is 0. The van der Waals surface area contributed by atoms with E-state index in [9.17, 15) is 13.2 Å². The van der Waals surface area contributed by atoms with Gasteiger partial charge in [-0.1, -0.05) is 24.3 Å². The van der Waals surface area contributed by atoms with E-state index in [0.29, 0.717) is 28.2 Å². The second-order valence-electron chi connectivity index (χ2n) is 6.83. The van der Waals surface area contributed by atoms with Crippen LogP contribution >= 0.6 is 11.3 Å². The average Bonchev–Trinajstić information content (AvgIpc) is 3.41. The van der Waals surface area contributed by atoms with Crippen molar-refractivity contribution in [2.45, 2.75) is 25.6 Å². The first-order valence-corrected chi connectivity index (χ1v) is 10.7. The summed E-state index contributed by atoms with van der Waals surface area (Å²) in [6.45, 7) is -1.75. The highest BCUT2D eigenvalue weighted by molar-refractivity contribution is 7.07. The zero-order chi connectivity index (χ0) is 21.6. The van der Waals surface area contributed by atoms with Crippen LogP contribution in [0.25, 0.3) is 11.3 Å². The van der Waals surface area contributed by atoms with Crippen LogP contribution < -0.4 is 9.54 Å². The maximum Gasteiger partial charge on any atom is 0.387 e. The Balaban J connectivity index is 1.74. The SMILES string of the molecule is Fc1ccccc1-c1csc(=NCC2CCCO2)n1N=Cc1ccccc1OC(F)F. The second-order valence-corrected chi connectivity index (χ2v) is 7.67. The van der Waals surface area contributed by atoms with Crippen molar-refractivity contribution in [1.29, 1.82) is 0 Å². The van der Waals surface area contributed by atoms with E-state index in [-0.39, 0.29) is 11.9 Å². The zero-order valence-electron chi connectivity index (χ0n) is 16.5. The molecule has 1 unspecified atom stereocenters. The van der Waals surface area contributed by atoms with Gasteiger partial charge in [-0.25, -0.2) is 9.07 Å². The number of alkyl halides is 2. The van der Waals surface area contributed by atoms with Crippen molar-refractivity contribution in [1.82, 2.24) is 4.68 Å². The molecule has 1 atom stereocenters. The third-order valence-corrected chi connectivity index (χ3v) is 5.59. The molecule has 1 aliphatic heterocycles. The molecule has 0 radical (unpaired) electrons. The first-order chi connectivity index (χ1) is 15.1. The topological polar surface area (TPSA) is 48.1 Å². The lowest BCUT2D eigenvalue weighted by molar-refractivity contribution is -0.0499. The number of benzene rings is 2. The highest BCUT2D eigenvalue weighted by Gasteiger charge is 2.16. The van der Waals surface area contributed by atoms with Crippen molar-refractivity contribution in [2.24, 2.45) is 10.1 Å². The van der Waals surface area contributed by atoms with Gasteiger partial charge in [-0.15, -0.1) is 11.3 Å². The second kappa shape index (κ2) is 9.93. The van der Waals surface area contributed by atoms with Gasteiger partial charge in [0.05, 0.1) is 24.6 Å². The van der Waals surface area contributed by atoms with Crippen LogP contribution in [0.1, 0.15) is 18.4 Å². The van der Waals surface area contributed by atoms with Crippen LogP contribution in [0.2, 0.25) is 0 Å². The number of nitrogens with zero attached hydrogens (tertiary/aromatic N) is 3. The maximum atomic E-state index is 14.5. The molecule has 0 aliphatic carbocycles. The molecule has 162 valence electrons. The largest absolute Gasteiger partial charge is 0.434 e. The van der Waals surface area contributed by atoms with Crippen molar-refractivity contribution < 1.29 is 22.6 Å². The minimum Gasteiger partial charge on any atom is -0.434 e. The summed E-state index contributed by atoms with van der Waals surface area (Å²) < 4.78 is 51.6. The molecule has 0 amide bonds. The van der Waals surface area contributed by atoms with Crippen LogP contribution in [-0.4, -0.2) is 36.8 Å². The monoisotopic (exact) mass is 447 g/mol. The highest BCUT2D eigenvalue weighted by atomic mass is 32.1. The maximum absolute atomic E-state index is 14.5. The minimum absolute atomic E-state index is 0.00219. The summed E-state index contributed by atoms with van der Waals surface area (Å²) in [5.41, 5.74) is 1.25. The lowest BCUT2D eigenvalue weighted by Gasteiger charge is -2.08. The molecule has 5 nitrogen and oxygen atoms in total. The van der Waals surface area contributed by atoms with Crippen molar-refractivity contribution in [3.05, 3.63) is 70.1 Å². The molecule has 1 aromatic heterocycles. The molecule has 0 spiro atoms. The Kier molecular flexibility index (Phi) is 6.83. The van der Waals surface area contributed by atoms with Gasteiger partial charge in [0.15, 0.2) is 0 Å². The smallest absolute Gasteiger partial charge is 0.387 e. The van der Waals surface area contributed by atoms with Crippen LogP contribution in [-0.2, 0) is 4.74 Å². The zero-order valence-corrected chi connectivity index (χ0v) is 17.3. The lowest BCUT2D eigenvalue weighted by Crippen LogP contribution is -2.17.